The molecule has 0 unspecified atom stereocenters. The van der Waals surface area contributed by atoms with Crippen LogP contribution in [0.15, 0.2) is 183 Å². The molecule has 0 saturated carbocycles. The predicted octanol–water partition coefficient (Wildman–Crippen LogP) is 17.6. The lowest BCUT2D eigenvalue weighted by Gasteiger charge is -2.30. The van der Waals surface area contributed by atoms with E-state index in [1.807, 2.05) is 28.7 Å². The second-order valence-electron chi connectivity index (χ2n) is 16.5. The summed E-state index contributed by atoms with van der Waals surface area (Å²) in [5, 5.41) is 15.2. The van der Waals surface area contributed by atoms with Gasteiger partial charge in [0.15, 0.2) is 0 Å². The second kappa shape index (κ2) is 12.8. The minimum Gasteiger partial charge on any atom is -0.309 e. The molecular weight excluding hydrogens is 789 g/mol. The highest BCUT2D eigenvalue weighted by Gasteiger charge is 2.29. The topological polar surface area (TPSA) is 8.17 Å². The summed E-state index contributed by atoms with van der Waals surface area (Å²) in [4.78, 5) is 2.54. The highest BCUT2D eigenvalue weighted by Crippen LogP contribution is 2.53. The number of anilines is 3. The van der Waals surface area contributed by atoms with E-state index in [0.717, 1.165) is 22.6 Å². The standard InChI is InChI=1S/C58H34N2S2/c1-2-34-22-25-38(26-23-34)59(49-19-11-18-44-39(49)28-29-45-40-14-7-10-21-53(40)62-58(44)45)56-43-17-6-5-16-42(43)55-48-30-35-12-3-4-13-36(35)31-51(48)60-50-33-47-41-15-8-9-20-52(41)61-54(47)32-37(50)24-27-46(56)57(55)60/h2-33H,1H2. The highest BCUT2D eigenvalue weighted by molar-refractivity contribution is 7.26. The quantitative estimate of drug-likeness (QED) is 0.172. The average Bonchev–Trinajstić information content (AvgIpc) is 3.96. The number of fused-ring (bicyclic) bond motifs is 16. The summed E-state index contributed by atoms with van der Waals surface area (Å²) in [6, 6.07) is 65.7. The zero-order valence-electron chi connectivity index (χ0n) is 33.4. The van der Waals surface area contributed by atoms with Crippen LogP contribution in [0.3, 0.4) is 0 Å². The zero-order chi connectivity index (χ0) is 40.6. The summed E-state index contributed by atoms with van der Waals surface area (Å²) < 4.78 is 7.84. The van der Waals surface area contributed by atoms with Gasteiger partial charge in [-0.3, -0.25) is 0 Å². The summed E-state index contributed by atoms with van der Waals surface area (Å²) >= 11 is 3.77. The van der Waals surface area contributed by atoms with Crippen LogP contribution in [0.4, 0.5) is 17.1 Å². The molecule has 3 aromatic heterocycles. The fourth-order valence-corrected chi connectivity index (χ4v) is 12.8. The molecule has 2 nitrogen and oxygen atoms in total. The van der Waals surface area contributed by atoms with Crippen molar-refractivity contribution in [2.45, 2.75) is 0 Å². The number of hydrogen-bond donors (Lipinski definition) is 0. The Kier molecular flexibility index (Phi) is 7.05. The normalized spacial score (nSPS) is 12.5. The number of rotatable bonds is 4. The Labute approximate surface area is 364 Å². The molecule has 0 N–H and O–H groups in total. The maximum atomic E-state index is 4.11. The Bertz CT molecular complexity index is 4120. The molecule has 0 aliphatic carbocycles. The summed E-state index contributed by atoms with van der Waals surface area (Å²) in [7, 11) is 0. The van der Waals surface area contributed by atoms with E-state index in [1.54, 1.807) is 0 Å². The lowest BCUT2D eigenvalue weighted by Crippen LogP contribution is -2.13. The van der Waals surface area contributed by atoms with Gasteiger partial charge in [0, 0.05) is 78.5 Å². The molecule has 13 aromatic rings. The molecule has 0 bridgehead atoms. The van der Waals surface area contributed by atoms with Crippen molar-refractivity contribution in [1.29, 1.82) is 0 Å². The first kappa shape index (κ1) is 34.2. The molecule has 0 radical (unpaired) electrons. The first-order valence-electron chi connectivity index (χ1n) is 21.1. The number of hydrogen-bond acceptors (Lipinski definition) is 3. The molecule has 10 aromatic carbocycles. The van der Waals surface area contributed by atoms with E-state index in [1.165, 1.54) is 111 Å². The summed E-state index contributed by atoms with van der Waals surface area (Å²) in [5.41, 5.74) is 10.5. The van der Waals surface area contributed by atoms with E-state index in [0.29, 0.717) is 0 Å². The van der Waals surface area contributed by atoms with E-state index in [9.17, 15) is 0 Å². The smallest absolute Gasteiger partial charge is 0.0641 e. The van der Waals surface area contributed by atoms with Crippen LogP contribution in [0.25, 0.3) is 118 Å². The molecular formula is C58H34N2S2. The molecule has 1 aliphatic rings. The van der Waals surface area contributed by atoms with Crippen molar-refractivity contribution in [3.8, 4) is 5.69 Å². The van der Waals surface area contributed by atoms with Crippen molar-refractivity contribution in [1.82, 2.24) is 4.57 Å². The summed E-state index contributed by atoms with van der Waals surface area (Å²) in [6.45, 7) is 4.11. The minimum absolute atomic E-state index is 1.09. The second-order valence-corrected chi connectivity index (χ2v) is 18.6. The third-order valence-corrected chi connectivity index (χ3v) is 15.6. The lowest BCUT2D eigenvalue weighted by atomic mass is 9.94. The lowest BCUT2D eigenvalue weighted by molar-refractivity contribution is 1.18. The first-order chi connectivity index (χ1) is 30.7. The molecule has 1 aliphatic heterocycles. The summed E-state index contributed by atoms with van der Waals surface area (Å²) in [6.07, 6.45) is 6.70. The molecule has 288 valence electrons. The third kappa shape index (κ3) is 4.68. The van der Waals surface area contributed by atoms with Crippen molar-refractivity contribution in [3.05, 3.63) is 199 Å². The van der Waals surface area contributed by atoms with Gasteiger partial charge in [0.1, 0.15) is 0 Å². The van der Waals surface area contributed by atoms with Gasteiger partial charge in [-0.1, -0.05) is 146 Å². The molecule has 0 amide bonds. The van der Waals surface area contributed by atoms with Crippen molar-refractivity contribution < 1.29 is 0 Å². The Balaban J connectivity index is 1.17. The van der Waals surface area contributed by atoms with Gasteiger partial charge in [-0.15, -0.1) is 22.7 Å². The number of aromatic nitrogens is 1. The van der Waals surface area contributed by atoms with Gasteiger partial charge in [-0.25, -0.2) is 0 Å². The number of thiophene rings is 2. The third-order valence-electron chi connectivity index (χ3n) is 13.2. The average molecular weight is 823 g/mol. The fourth-order valence-electron chi connectivity index (χ4n) is 10.5. The van der Waals surface area contributed by atoms with Crippen LogP contribution in [0, 0.1) is 0 Å². The van der Waals surface area contributed by atoms with Gasteiger partial charge in [-0.2, -0.15) is 0 Å². The molecule has 0 spiro atoms. The van der Waals surface area contributed by atoms with Crippen LogP contribution < -0.4 is 4.90 Å². The number of benzene rings is 10. The van der Waals surface area contributed by atoms with Gasteiger partial charge >= 0.3 is 0 Å². The van der Waals surface area contributed by atoms with Crippen LogP contribution in [0.5, 0.6) is 0 Å². The van der Waals surface area contributed by atoms with Gasteiger partial charge in [0.2, 0.25) is 0 Å². The molecule has 4 heterocycles. The van der Waals surface area contributed by atoms with Gasteiger partial charge < -0.3 is 9.47 Å². The zero-order valence-corrected chi connectivity index (χ0v) is 35.0. The molecule has 62 heavy (non-hydrogen) atoms. The van der Waals surface area contributed by atoms with Gasteiger partial charge in [0.05, 0.1) is 28.1 Å². The van der Waals surface area contributed by atoms with Crippen molar-refractivity contribution >= 4 is 152 Å². The number of nitrogens with zero attached hydrogens (tertiary/aromatic N) is 2. The Morgan fingerprint density at radius 2 is 1.15 bits per heavy atom. The highest BCUT2D eigenvalue weighted by atomic mass is 32.1. The molecule has 14 rings (SSSR count). The van der Waals surface area contributed by atoms with Crippen molar-refractivity contribution in [2.24, 2.45) is 0 Å². The van der Waals surface area contributed by atoms with E-state index in [2.05, 4.69) is 204 Å². The maximum Gasteiger partial charge on any atom is 0.0641 e. The van der Waals surface area contributed by atoms with Gasteiger partial charge in [0.25, 0.3) is 0 Å². The van der Waals surface area contributed by atoms with Crippen LogP contribution in [0.2, 0.25) is 0 Å². The largest absolute Gasteiger partial charge is 0.309 e. The summed E-state index contributed by atoms with van der Waals surface area (Å²) in [5.74, 6) is 0. The monoisotopic (exact) mass is 822 g/mol. The van der Waals surface area contributed by atoms with E-state index < -0.39 is 0 Å². The molecule has 4 heteroatoms. The van der Waals surface area contributed by atoms with Crippen LogP contribution in [0.1, 0.15) is 16.7 Å². The van der Waals surface area contributed by atoms with Crippen LogP contribution >= 0.6 is 22.7 Å². The van der Waals surface area contributed by atoms with Gasteiger partial charge in [-0.05, 0) is 81.9 Å². The fraction of sp³-hybridized carbons (Fsp3) is 0. The Morgan fingerprint density at radius 1 is 0.484 bits per heavy atom. The van der Waals surface area contributed by atoms with E-state index in [-0.39, 0.29) is 0 Å². The Hall–Kier alpha value is -7.50. The maximum absolute atomic E-state index is 4.11. The molecule has 0 fully saturated rings. The SMILES string of the molecule is C=Cc1ccc(N(c2cccc3c2ccc2c4ccccc4sc32)c2c3c4c(c5ccccc25)c2cc5ccccc5cc2n4-c2cc4c(cc2C=C3)sc2ccccc24)cc1. The van der Waals surface area contributed by atoms with Crippen LogP contribution in [-0.2, 0) is 0 Å². The van der Waals surface area contributed by atoms with E-state index >= 15 is 0 Å². The van der Waals surface area contributed by atoms with Crippen molar-refractivity contribution in [3.63, 3.8) is 0 Å². The van der Waals surface area contributed by atoms with E-state index in [4.69, 9.17) is 0 Å². The Morgan fingerprint density at radius 3 is 1.95 bits per heavy atom. The van der Waals surface area contributed by atoms with Crippen molar-refractivity contribution in [2.75, 3.05) is 4.90 Å². The van der Waals surface area contributed by atoms with Crippen LogP contribution in [-0.4, -0.2) is 4.57 Å². The first-order valence-corrected chi connectivity index (χ1v) is 22.7. The minimum atomic E-state index is 1.09. The molecule has 0 atom stereocenters. The molecule has 0 saturated heterocycles. The predicted molar refractivity (Wildman–Crippen MR) is 273 cm³/mol.